The highest BCUT2D eigenvalue weighted by Crippen LogP contribution is 2.25. The number of ether oxygens (including phenoxy) is 1. The minimum Gasteiger partial charge on any atom is -0.488 e. The van der Waals surface area contributed by atoms with Gasteiger partial charge in [0.25, 0.3) is 0 Å². The molecule has 2 rings (SSSR count). The fourth-order valence-electron chi connectivity index (χ4n) is 1.52. The summed E-state index contributed by atoms with van der Waals surface area (Å²) in [4.78, 5) is 0. The Balaban J connectivity index is 2.37. The number of hydrogen-bond acceptors (Lipinski definition) is 3. The van der Waals surface area contributed by atoms with Crippen molar-refractivity contribution in [2.75, 3.05) is 5.73 Å². The minimum atomic E-state index is -0.539. The fraction of sp³-hybridized carbons (Fsp3) is 0.250. The summed E-state index contributed by atoms with van der Waals surface area (Å²) in [6.07, 6.45) is 3.23. The minimum absolute atomic E-state index is 0.0120. The SMILES string of the molecule is CC(C)Oc1cnn(-c2cc(F)c(Cl)cc2N)c1. The van der Waals surface area contributed by atoms with Gasteiger partial charge in [0.15, 0.2) is 5.75 Å². The molecule has 0 radical (unpaired) electrons. The highest BCUT2D eigenvalue weighted by molar-refractivity contribution is 6.31. The van der Waals surface area contributed by atoms with Gasteiger partial charge in [-0.2, -0.15) is 5.10 Å². The Morgan fingerprint density at radius 3 is 2.83 bits per heavy atom. The number of aromatic nitrogens is 2. The van der Waals surface area contributed by atoms with E-state index in [0.717, 1.165) is 0 Å². The summed E-state index contributed by atoms with van der Waals surface area (Å²) in [6.45, 7) is 3.82. The molecule has 0 aliphatic carbocycles. The molecule has 0 fully saturated rings. The van der Waals surface area contributed by atoms with Gasteiger partial charge in [-0.3, -0.25) is 0 Å². The van der Waals surface area contributed by atoms with E-state index in [1.165, 1.54) is 16.8 Å². The van der Waals surface area contributed by atoms with Crippen LogP contribution in [0.25, 0.3) is 5.69 Å². The number of nitrogens with zero attached hydrogens (tertiary/aromatic N) is 2. The molecule has 1 aromatic heterocycles. The van der Waals surface area contributed by atoms with Crippen LogP contribution in [0.5, 0.6) is 5.75 Å². The first-order valence-corrected chi connectivity index (χ1v) is 5.81. The van der Waals surface area contributed by atoms with Crippen molar-refractivity contribution in [3.8, 4) is 11.4 Å². The number of rotatable bonds is 3. The number of benzene rings is 1. The molecule has 2 N–H and O–H groups in total. The van der Waals surface area contributed by atoms with Crippen LogP contribution in [0.2, 0.25) is 5.02 Å². The molecule has 0 spiro atoms. The number of nitrogen functional groups attached to an aromatic ring is 1. The van der Waals surface area contributed by atoms with Gasteiger partial charge >= 0.3 is 0 Å². The van der Waals surface area contributed by atoms with E-state index in [2.05, 4.69) is 5.10 Å². The average Bonchev–Trinajstić information content (AvgIpc) is 2.70. The first-order valence-electron chi connectivity index (χ1n) is 5.43. The number of anilines is 1. The van der Waals surface area contributed by atoms with E-state index in [1.54, 1.807) is 12.4 Å². The Kier molecular flexibility index (Phi) is 3.43. The third-order valence-electron chi connectivity index (χ3n) is 2.25. The van der Waals surface area contributed by atoms with Crippen molar-refractivity contribution in [3.63, 3.8) is 0 Å². The van der Waals surface area contributed by atoms with E-state index in [9.17, 15) is 4.39 Å². The molecular weight excluding hydrogens is 257 g/mol. The maximum atomic E-state index is 13.4. The second-order valence-electron chi connectivity index (χ2n) is 4.11. The zero-order valence-corrected chi connectivity index (χ0v) is 10.8. The molecule has 96 valence electrons. The summed E-state index contributed by atoms with van der Waals surface area (Å²) in [5, 5.41) is 4.06. The van der Waals surface area contributed by atoms with Crippen molar-refractivity contribution in [1.29, 1.82) is 0 Å². The van der Waals surface area contributed by atoms with Gasteiger partial charge in [-0.05, 0) is 19.9 Å². The molecule has 1 aromatic carbocycles. The Bertz CT molecular complexity index is 568. The van der Waals surface area contributed by atoms with E-state index in [4.69, 9.17) is 22.1 Å². The van der Waals surface area contributed by atoms with Crippen LogP contribution in [0.1, 0.15) is 13.8 Å². The number of halogens is 2. The maximum absolute atomic E-state index is 13.4. The first-order chi connectivity index (χ1) is 8.47. The lowest BCUT2D eigenvalue weighted by molar-refractivity contribution is 0.242. The predicted octanol–water partition coefficient (Wildman–Crippen LogP) is 3.03. The molecular formula is C12H13ClFN3O. The molecule has 0 saturated carbocycles. The van der Waals surface area contributed by atoms with Gasteiger partial charge in [0.1, 0.15) is 5.82 Å². The zero-order valence-electron chi connectivity index (χ0n) is 10.0. The third kappa shape index (κ3) is 2.56. The Morgan fingerprint density at radius 2 is 2.17 bits per heavy atom. The van der Waals surface area contributed by atoms with Crippen LogP contribution in [0, 0.1) is 5.82 Å². The van der Waals surface area contributed by atoms with Crippen LogP contribution in [0.15, 0.2) is 24.5 Å². The summed E-state index contributed by atoms with van der Waals surface area (Å²) in [6, 6.07) is 2.60. The van der Waals surface area contributed by atoms with Crippen molar-refractivity contribution in [1.82, 2.24) is 9.78 Å². The zero-order chi connectivity index (χ0) is 13.3. The molecule has 0 atom stereocenters. The topological polar surface area (TPSA) is 53.1 Å². The molecule has 0 unspecified atom stereocenters. The molecule has 1 heterocycles. The van der Waals surface area contributed by atoms with Crippen molar-refractivity contribution >= 4 is 17.3 Å². The second kappa shape index (κ2) is 4.86. The van der Waals surface area contributed by atoms with E-state index in [0.29, 0.717) is 17.1 Å². The van der Waals surface area contributed by atoms with Crippen LogP contribution in [0.3, 0.4) is 0 Å². The van der Waals surface area contributed by atoms with Gasteiger partial charge in [0.05, 0.1) is 34.9 Å². The molecule has 0 saturated heterocycles. The van der Waals surface area contributed by atoms with Crippen molar-refractivity contribution in [2.45, 2.75) is 20.0 Å². The third-order valence-corrected chi connectivity index (χ3v) is 2.54. The smallest absolute Gasteiger partial charge is 0.158 e. The summed E-state index contributed by atoms with van der Waals surface area (Å²) < 4.78 is 20.3. The van der Waals surface area contributed by atoms with Gasteiger partial charge in [-0.1, -0.05) is 11.6 Å². The van der Waals surface area contributed by atoms with Crippen LogP contribution in [0.4, 0.5) is 10.1 Å². The molecule has 2 aromatic rings. The summed E-state index contributed by atoms with van der Waals surface area (Å²) in [5.41, 5.74) is 6.55. The van der Waals surface area contributed by atoms with Gasteiger partial charge in [0.2, 0.25) is 0 Å². The highest BCUT2D eigenvalue weighted by Gasteiger charge is 2.10. The quantitative estimate of drug-likeness (QED) is 0.872. The Hall–Kier alpha value is -1.75. The van der Waals surface area contributed by atoms with Gasteiger partial charge < -0.3 is 10.5 Å². The van der Waals surface area contributed by atoms with Crippen molar-refractivity contribution in [2.24, 2.45) is 0 Å². The van der Waals surface area contributed by atoms with Crippen LogP contribution >= 0.6 is 11.6 Å². The average molecular weight is 270 g/mol. The fourth-order valence-corrected chi connectivity index (χ4v) is 1.69. The number of nitrogens with two attached hydrogens (primary N) is 1. The van der Waals surface area contributed by atoms with Crippen molar-refractivity contribution in [3.05, 3.63) is 35.4 Å². The molecule has 18 heavy (non-hydrogen) atoms. The van der Waals surface area contributed by atoms with E-state index >= 15 is 0 Å². The first kappa shape index (κ1) is 12.7. The van der Waals surface area contributed by atoms with Crippen molar-refractivity contribution < 1.29 is 9.13 Å². The van der Waals surface area contributed by atoms with Gasteiger partial charge in [-0.25, -0.2) is 9.07 Å². The van der Waals surface area contributed by atoms with Gasteiger partial charge in [-0.15, -0.1) is 0 Å². The standard InChI is InChI=1S/C12H13ClFN3O/c1-7(2)18-8-5-16-17(6-8)12-4-10(14)9(13)3-11(12)15/h3-7H,15H2,1-2H3. The predicted molar refractivity (Wildman–Crippen MR) is 68.7 cm³/mol. The van der Waals surface area contributed by atoms with Crippen LogP contribution < -0.4 is 10.5 Å². The van der Waals surface area contributed by atoms with E-state index in [-0.39, 0.29) is 11.1 Å². The Morgan fingerprint density at radius 1 is 1.44 bits per heavy atom. The van der Waals surface area contributed by atoms with E-state index in [1.807, 2.05) is 13.8 Å². The summed E-state index contributed by atoms with van der Waals surface area (Å²) in [7, 11) is 0. The van der Waals surface area contributed by atoms with Gasteiger partial charge in [0, 0.05) is 6.07 Å². The molecule has 0 aliphatic heterocycles. The van der Waals surface area contributed by atoms with E-state index < -0.39 is 5.82 Å². The lowest BCUT2D eigenvalue weighted by atomic mass is 10.2. The maximum Gasteiger partial charge on any atom is 0.158 e. The molecule has 4 nitrogen and oxygen atoms in total. The monoisotopic (exact) mass is 269 g/mol. The molecule has 6 heteroatoms. The largest absolute Gasteiger partial charge is 0.488 e. The second-order valence-corrected chi connectivity index (χ2v) is 4.52. The summed E-state index contributed by atoms with van der Waals surface area (Å²) >= 11 is 5.64. The lowest BCUT2D eigenvalue weighted by Crippen LogP contribution is -2.05. The Labute approximate surface area is 109 Å². The molecule has 0 aliphatic rings. The molecule has 0 bridgehead atoms. The lowest BCUT2D eigenvalue weighted by Gasteiger charge is -2.07. The number of hydrogen-bond donors (Lipinski definition) is 1. The normalized spacial score (nSPS) is 10.9. The molecule has 0 amide bonds. The van der Waals surface area contributed by atoms with Crippen LogP contribution in [-0.4, -0.2) is 15.9 Å². The summed E-state index contributed by atoms with van der Waals surface area (Å²) in [5.74, 6) is 0.0578. The van der Waals surface area contributed by atoms with Crippen LogP contribution in [-0.2, 0) is 0 Å². The highest BCUT2D eigenvalue weighted by atomic mass is 35.5.